The van der Waals surface area contributed by atoms with E-state index in [0.29, 0.717) is 0 Å². The topological polar surface area (TPSA) is 34.1 Å². The van der Waals surface area contributed by atoms with Gasteiger partial charge in [-0.3, -0.25) is 0 Å². The highest BCUT2D eigenvalue weighted by atomic mass is 32.2. The molecule has 0 radical (unpaired) electrons. The summed E-state index contributed by atoms with van der Waals surface area (Å²) >= 11 is 0. The van der Waals surface area contributed by atoms with Crippen molar-refractivity contribution < 1.29 is 12.8 Å². The molecule has 1 aromatic rings. The number of rotatable bonds is 3. The molecule has 0 heterocycles. The van der Waals surface area contributed by atoms with Gasteiger partial charge in [0.1, 0.15) is 5.82 Å². The van der Waals surface area contributed by atoms with Gasteiger partial charge in [0.2, 0.25) is 0 Å². The number of halogens is 1. The normalized spacial score (nSPS) is 17.4. The molecule has 1 aromatic carbocycles. The number of hydrogen-bond acceptors (Lipinski definition) is 2. The van der Waals surface area contributed by atoms with Gasteiger partial charge in [0.15, 0.2) is 9.84 Å². The first-order chi connectivity index (χ1) is 7.08. The van der Waals surface area contributed by atoms with Crippen LogP contribution >= 0.6 is 0 Å². The number of sulfone groups is 1. The smallest absolute Gasteiger partial charge is 0.178 e. The van der Waals surface area contributed by atoms with E-state index in [2.05, 4.69) is 0 Å². The first kappa shape index (κ1) is 10.6. The highest BCUT2D eigenvalue weighted by Gasteiger charge is 2.25. The summed E-state index contributed by atoms with van der Waals surface area (Å²) in [5.41, 5.74) is 0. The van der Waals surface area contributed by atoms with E-state index in [1.165, 1.54) is 18.2 Å². The van der Waals surface area contributed by atoms with Gasteiger partial charge in [-0.25, -0.2) is 12.8 Å². The fourth-order valence-corrected chi connectivity index (χ4v) is 3.45. The van der Waals surface area contributed by atoms with Crippen molar-refractivity contribution in [1.29, 1.82) is 0 Å². The molecule has 0 spiro atoms. The quantitative estimate of drug-likeness (QED) is 0.796. The van der Waals surface area contributed by atoms with Gasteiger partial charge in [-0.05, 0) is 37.0 Å². The Kier molecular flexibility index (Phi) is 2.78. The summed E-state index contributed by atoms with van der Waals surface area (Å²) in [6, 6.07) is 5.23. The lowest BCUT2D eigenvalue weighted by atomic mass is 9.87. The molecule has 0 aromatic heterocycles. The van der Waals surface area contributed by atoms with Crippen LogP contribution < -0.4 is 0 Å². The zero-order valence-corrected chi connectivity index (χ0v) is 9.13. The molecule has 0 aliphatic heterocycles. The van der Waals surface area contributed by atoms with Crippen LogP contribution in [0, 0.1) is 11.7 Å². The van der Waals surface area contributed by atoms with Crippen molar-refractivity contribution in [3.63, 3.8) is 0 Å². The van der Waals surface area contributed by atoms with Crippen LogP contribution in [0.1, 0.15) is 19.3 Å². The predicted octanol–water partition coefficient (Wildman–Crippen LogP) is 2.40. The molecule has 0 saturated heterocycles. The Hall–Kier alpha value is -0.900. The van der Waals surface area contributed by atoms with E-state index in [1.807, 2.05) is 0 Å². The minimum absolute atomic E-state index is 0.106. The highest BCUT2D eigenvalue weighted by molar-refractivity contribution is 7.91. The van der Waals surface area contributed by atoms with Crippen LogP contribution in [0.2, 0.25) is 0 Å². The minimum atomic E-state index is -3.28. The highest BCUT2D eigenvalue weighted by Crippen LogP contribution is 2.29. The van der Waals surface area contributed by atoms with Gasteiger partial charge in [0.25, 0.3) is 0 Å². The summed E-state index contributed by atoms with van der Waals surface area (Å²) in [5, 5.41) is 0. The molecule has 82 valence electrons. The molecule has 0 N–H and O–H groups in total. The Morgan fingerprint density at radius 3 is 2.60 bits per heavy atom. The van der Waals surface area contributed by atoms with Gasteiger partial charge in [-0.15, -0.1) is 0 Å². The Morgan fingerprint density at radius 2 is 2.07 bits per heavy atom. The molecular weight excluding hydrogens is 215 g/mol. The summed E-state index contributed by atoms with van der Waals surface area (Å²) in [5.74, 6) is -0.0563. The summed E-state index contributed by atoms with van der Waals surface area (Å²) in [4.78, 5) is 0.106. The van der Waals surface area contributed by atoms with Crippen LogP contribution in [0.15, 0.2) is 29.2 Å². The zero-order valence-electron chi connectivity index (χ0n) is 8.32. The molecule has 0 bridgehead atoms. The maximum atomic E-state index is 12.9. The Morgan fingerprint density at radius 1 is 1.33 bits per heavy atom. The van der Waals surface area contributed by atoms with Crippen molar-refractivity contribution in [3.8, 4) is 0 Å². The van der Waals surface area contributed by atoms with Crippen LogP contribution in [0.4, 0.5) is 4.39 Å². The number of hydrogen-bond donors (Lipinski definition) is 0. The maximum Gasteiger partial charge on any atom is 0.178 e. The molecule has 0 amide bonds. The standard InChI is InChI=1S/C11H13FO2S/c12-10-5-2-6-11(7-10)15(13,14)8-9-3-1-4-9/h2,5-7,9H,1,3-4,8H2. The third kappa shape index (κ3) is 2.37. The molecule has 1 saturated carbocycles. The van der Waals surface area contributed by atoms with Crippen LogP contribution in [-0.2, 0) is 9.84 Å². The molecule has 4 heteroatoms. The summed E-state index contributed by atoms with van der Waals surface area (Å²) < 4.78 is 36.5. The predicted molar refractivity (Wildman–Crippen MR) is 55.8 cm³/mol. The molecular formula is C11H13FO2S. The van der Waals surface area contributed by atoms with E-state index >= 15 is 0 Å². The fraction of sp³-hybridized carbons (Fsp3) is 0.455. The molecule has 15 heavy (non-hydrogen) atoms. The molecule has 0 unspecified atom stereocenters. The second kappa shape index (κ2) is 3.93. The van der Waals surface area contributed by atoms with Gasteiger partial charge < -0.3 is 0 Å². The van der Waals surface area contributed by atoms with Crippen LogP contribution in [0.25, 0.3) is 0 Å². The van der Waals surface area contributed by atoms with Crippen molar-refractivity contribution in [2.45, 2.75) is 24.2 Å². The number of benzene rings is 1. The lowest BCUT2D eigenvalue weighted by molar-refractivity contribution is 0.347. The fourth-order valence-electron chi connectivity index (χ4n) is 1.73. The van der Waals surface area contributed by atoms with Gasteiger partial charge >= 0.3 is 0 Å². The monoisotopic (exact) mass is 228 g/mol. The van der Waals surface area contributed by atoms with Crippen LogP contribution in [0.5, 0.6) is 0 Å². The lowest BCUT2D eigenvalue weighted by Crippen LogP contribution is -2.22. The van der Waals surface area contributed by atoms with Crippen molar-refractivity contribution >= 4 is 9.84 Å². The average Bonchev–Trinajstić information content (AvgIpc) is 2.12. The van der Waals surface area contributed by atoms with Gasteiger partial charge in [-0.2, -0.15) is 0 Å². The SMILES string of the molecule is O=S(=O)(CC1CCC1)c1cccc(F)c1. The van der Waals surface area contributed by atoms with Crippen LogP contribution in [-0.4, -0.2) is 14.2 Å². The minimum Gasteiger partial charge on any atom is -0.224 e. The molecule has 2 nitrogen and oxygen atoms in total. The Labute approximate surface area is 89.0 Å². The van der Waals surface area contributed by atoms with Gasteiger partial charge in [0.05, 0.1) is 10.6 Å². The van der Waals surface area contributed by atoms with E-state index < -0.39 is 15.7 Å². The Balaban J connectivity index is 2.20. The molecule has 0 atom stereocenters. The zero-order chi connectivity index (χ0) is 10.9. The van der Waals surface area contributed by atoms with E-state index in [-0.39, 0.29) is 16.6 Å². The van der Waals surface area contributed by atoms with Crippen molar-refractivity contribution in [3.05, 3.63) is 30.1 Å². The summed E-state index contributed by atoms with van der Waals surface area (Å²) in [6.07, 6.45) is 3.08. The first-order valence-electron chi connectivity index (χ1n) is 5.06. The van der Waals surface area contributed by atoms with E-state index in [9.17, 15) is 12.8 Å². The third-order valence-electron chi connectivity index (χ3n) is 2.84. The largest absolute Gasteiger partial charge is 0.224 e. The van der Waals surface area contributed by atoms with Gasteiger partial charge in [-0.1, -0.05) is 12.5 Å². The second-order valence-electron chi connectivity index (χ2n) is 4.04. The summed E-state index contributed by atoms with van der Waals surface area (Å²) in [6.45, 7) is 0. The maximum absolute atomic E-state index is 12.9. The summed E-state index contributed by atoms with van der Waals surface area (Å²) in [7, 11) is -3.28. The molecule has 1 aliphatic rings. The van der Waals surface area contributed by atoms with Gasteiger partial charge in [0, 0.05) is 0 Å². The Bertz CT molecular complexity index is 449. The molecule has 1 fully saturated rings. The van der Waals surface area contributed by atoms with Crippen molar-refractivity contribution in [2.75, 3.05) is 5.75 Å². The average molecular weight is 228 g/mol. The van der Waals surface area contributed by atoms with E-state index in [1.54, 1.807) is 0 Å². The lowest BCUT2D eigenvalue weighted by Gasteiger charge is -2.24. The van der Waals surface area contributed by atoms with E-state index in [0.717, 1.165) is 25.3 Å². The molecule has 2 rings (SSSR count). The molecule has 1 aliphatic carbocycles. The van der Waals surface area contributed by atoms with Crippen molar-refractivity contribution in [1.82, 2.24) is 0 Å². The van der Waals surface area contributed by atoms with E-state index in [4.69, 9.17) is 0 Å². The van der Waals surface area contributed by atoms with Crippen molar-refractivity contribution in [2.24, 2.45) is 5.92 Å². The third-order valence-corrected chi connectivity index (χ3v) is 4.72. The van der Waals surface area contributed by atoms with Crippen LogP contribution in [0.3, 0.4) is 0 Å². The first-order valence-corrected chi connectivity index (χ1v) is 6.71. The second-order valence-corrected chi connectivity index (χ2v) is 6.07.